The highest BCUT2D eigenvalue weighted by atomic mass is 35.5. The van der Waals surface area contributed by atoms with Crippen LogP contribution < -0.4 is 10.5 Å². The van der Waals surface area contributed by atoms with E-state index in [0.717, 1.165) is 11.1 Å². The zero-order valence-electron chi connectivity index (χ0n) is 9.95. The molecule has 0 atom stereocenters. The standard InChI is InChI=1S/C13H11ClN4O/c14-10-2-1-9(8-15)12(7-10)19-13-11-3-4-17-18(11)6-5-16-13/h1-7H,8,15H2. The summed E-state index contributed by atoms with van der Waals surface area (Å²) in [5, 5.41) is 4.72. The topological polar surface area (TPSA) is 65.4 Å². The summed E-state index contributed by atoms with van der Waals surface area (Å²) in [6, 6.07) is 7.18. The Morgan fingerprint density at radius 1 is 1.26 bits per heavy atom. The lowest BCUT2D eigenvalue weighted by atomic mass is 10.2. The number of halogens is 1. The first-order valence-electron chi connectivity index (χ1n) is 5.72. The molecule has 0 amide bonds. The summed E-state index contributed by atoms with van der Waals surface area (Å²) in [6.45, 7) is 0.370. The third-order valence-electron chi connectivity index (χ3n) is 2.74. The highest BCUT2D eigenvalue weighted by Crippen LogP contribution is 2.29. The fourth-order valence-electron chi connectivity index (χ4n) is 1.81. The van der Waals surface area contributed by atoms with Gasteiger partial charge in [-0.3, -0.25) is 0 Å². The molecule has 0 aliphatic heterocycles. The summed E-state index contributed by atoms with van der Waals surface area (Å²) in [5.41, 5.74) is 7.34. The molecule has 0 saturated heterocycles. The molecule has 19 heavy (non-hydrogen) atoms. The van der Waals surface area contributed by atoms with Crippen LogP contribution in [0.15, 0.2) is 42.9 Å². The van der Waals surface area contributed by atoms with Crippen molar-refractivity contribution >= 4 is 17.1 Å². The Bertz CT molecular complexity index is 725. The van der Waals surface area contributed by atoms with E-state index in [2.05, 4.69) is 10.1 Å². The fourth-order valence-corrected chi connectivity index (χ4v) is 1.97. The summed E-state index contributed by atoms with van der Waals surface area (Å²) < 4.78 is 7.51. The Morgan fingerprint density at radius 3 is 3.00 bits per heavy atom. The second-order valence-electron chi connectivity index (χ2n) is 3.95. The van der Waals surface area contributed by atoms with Crippen molar-refractivity contribution in [3.63, 3.8) is 0 Å². The first kappa shape index (κ1) is 12.0. The van der Waals surface area contributed by atoms with Crippen LogP contribution >= 0.6 is 11.6 Å². The molecule has 0 aliphatic carbocycles. The number of ether oxygens (including phenoxy) is 1. The molecule has 0 bridgehead atoms. The van der Waals surface area contributed by atoms with Gasteiger partial charge in [-0.05, 0) is 18.2 Å². The third-order valence-corrected chi connectivity index (χ3v) is 2.98. The highest BCUT2D eigenvalue weighted by Gasteiger charge is 2.09. The van der Waals surface area contributed by atoms with E-state index in [1.807, 2.05) is 12.1 Å². The molecule has 0 fully saturated rings. The number of aromatic nitrogens is 3. The monoisotopic (exact) mass is 274 g/mol. The Hall–Kier alpha value is -2.11. The molecule has 3 rings (SSSR count). The number of nitrogens with two attached hydrogens (primary N) is 1. The quantitative estimate of drug-likeness (QED) is 0.797. The molecule has 3 aromatic rings. The molecule has 0 unspecified atom stereocenters. The average Bonchev–Trinajstić information content (AvgIpc) is 2.88. The van der Waals surface area contributed by atoms with Crippen molar-refractivity contribution in [2.24, 2.45) is 5.73 Å². The van der Waals surface area contributed by atoms with Gasteiger partial charge in [0.25, 0.3) is 0 Å². The highest BCUT2D eigenvalue weighted by molar-refractivity contribution is 6.30. The number of fused-ring (bicyclic) bond motifs is 1. The molecule has 0 aliphatic rings. The largest absolute Gasteiger partial charge is 0.437 e. The van der Waals surface area contributed by atoms with Gasteiger partial charge in [-0.15, -0.1) is 0 Å². The van der Waals surface area contributed by atoms with Crippen molar-refractivity contribution in [2.45, 2.75) is 6.54 Å². The second-order valence-corrected chi connectivity index (χ2v) is 4.39. The molecular formula is C13H11ClN4O. The number of benzene rings is 1. The number of hydrogen-bond acceptors (Lipinski definition) is 4. The van der Waals surface area contributed by atoms with Gasteiger partial charge in [-0.2, -0.15) is 5.10 Å². The molecule has 6 heteroatoms. The van der Waals surface area contributed by atoms with Crippen LogP contribution in [0.3, 0.4) is 0 Å². The molecule has 1 aromatic carbocycles. The van der Waals surface area contributed by atoms with E-state index in [-0.39, 0.29) is 0 Å². The van der Waals surface area contributed by atoms with Gasteiger partial charge >= 0.3 is 0 Å². The van der Waals surface area contributed by atoms with Crippen LogP contribution in [0.25, 0.3) is 5.52 Å². The van der Waals surface area contributed by atoms with Crippen molar-refractivity contribution in [1.82, 2.24) is 14.6 Å². The SMILES string of the molecule is NCc1ccc(Cl)cc1Oc1nccn2nccc12. The number of hydrogen-bond donors (Lipinski definition) is 1. The first-order chi connectivity index (χ1) is 9.28. The van der Waals surface area contributed by atoms with Gasteiger partial charge in [0.1, 0.15) is 11.3 Å². The van der Waals surface area contributed by atoms with Crippen LogP contribution in [0, 0.1) is 0 Å². The predicted octanol–water partition coefficient (Wildman–Crippen LogP) is 2.63. The Kier molecular flexibility index (Phi) is 3.06. The van der Waals surface area contributed by atoms with E-state index in [4.69, 9.17) is 22.1 Å². The van der Waals surface area contributed by atoms with Crippen LogP contribution in [-0.4, -0.2) is 14.6 Å². The number of nitrogens with zero attached hydrogens (tertiary/aromatic N) is 3. The van der Waals surface area contributed by atoms with E-state index in [0.29, 0.717) is 23.2 Å². The molecule has 0 spiro atoms. The van der Waals surface area contributed by atoms with Gasteiger partial charge in [-0.25, -0.2) is 9.50 Å². The van der Waals surface area contributed by atoms with Gasteiger partial charge in [0.05, 0.1) is 6.20 Å². The summed E-state index contributed by atoms with van der Waals surface area (Å²) in [7, 11) is 0. The van der Waals surface area contributed by atoms with Crippen LogP contribution in [0.4, 0.5) is 0 Å². The maximum Gasteiger partial charge on any atom is 0.245 e. The summed E-state index contributed by atoms with van der Waals surface area (Å²) in [6.07, 6.45) is 5.07. The van der Waals surface area contributed by atoms with Crippen molar-refractivity contribution in [3.05, 3.63) is 53.4 Å². The minimum absolute atomic E-state index is 0.370. The van der Waals surface area contributed by atoms with Gasteiger partial charge in [-0.1, -0.05) is 17.7 Å². The van der Waals surface area contributed by atoms with Crippen molar-refractivity contribution in [3.8, 4) is 11.6 Å². The zero-order chi connectivity index (χ0) is 13.2. The van der Waals surface area contributed by atoms with Crippen molar-refractivity contribution in [2.75, 3.05) is 0 Å². The van der Waals surface area contributed by atoms with E-state index < -0.39 is 0 Å². The minimum Gasteiger partial charge on any atom is -0.437 e. The van der Waals surface area contributed by atoms with Crippen LogP contribution in [0.5, 0.6) is 11.6 Å². The third kappa shape index (κ3) is 2.25. The molecule has 2 N–H and O–H groups in total. The molecular weight excluding hydrogens is 264 g/mol. The van der Waals surface area contributed by atoms with E-state index in [9.17, 15) is 0 Å². The molecule has 96 valence electrons. The maximum absolute atomic E-state index is 5.98. The van der Waals surface area contributed by atoms with Crippen molar-refractivity contribution < 1.29 is 4.74 Å². The van der Waals surface area contributed by atoms with Gasteiger partial charge in [0.15, 0.2) is 0 Å². The van der Waals surface area contributed by atoms with Gasteiger partial charge in [0.2, 0.25) is 5.88 Å². The Morgan fingerprint density at radius 2 is 2.16 bits per heavy atom. The van der Waals surface area contributed by atoms with Crippen LogP contribution in [0.2, 0.25) is 5.02 Å². The smallest absolute Gasteiger partial charge is 0.245 e. The molecule has 2 heterocycles. The Balaban J connectivity index is 2.05. The molecule has 2 aromatic heterocycles. The molecule has 0 radical (unpaired) electrons. The van der Waals surface area contributed by atoms with E-state index in [1.165, 1.54) is 0 Å². The average molecular weight is 275 g/mol. The van der Waals surface area contributed by atoms with E-state index in [1.54, 1.807) is 35.2 Å². The van der Waals surface area contributed by atoms with Crippen molar-refractivity contribution in [1.29, 1.82) is 0 Å². The minimum atomic E-state index is 0.370. The molecule has 0 saturated carbocycles. The predicted molar refractivity (Wildman–Crippen MR) is 72.4 cm³/mol. The van der Waals surface area contributed by atoms with Gasteiger partial charge < -0.3 is 10.5 Å². The van der Waals surface area contributed by atoms with Gasteiger partial charge in [0, 0.05) is 29.5 Å². The first-order valence-corrected chi connectivity index (χ1v) is 6.10. The summed E-state index contributed by atoms with van der Waals surface area (Å²) in [5.74, 6) is 1.08. The lowest BCUT2D eigenvalue weighted by molar-refractivity contribution is 0.460. The number of rotatable bonds is 3. The fraction of sp³-hybridized carbons (Fsp3) is 0.0769. The molecule has 5 nitrogen and oxygen atoms in total. The summed E-state index contributed by atoms with van der Waals surface area (Å²) >= 11 is 5.98. The van der Waals surface area contributed by atoms with Crippen LogP contribution in [0.1, 0.15) is 5.56 Å². The maximum atomic E-state index is 5.98. The van der Waals surface area contributed by atoms with E-state index >= 15 is 0 Å². The lowest BCUT2D eigenvalue weighted by Crippen LogP contribution is -2.01. The second kappa shape index (κ2) is 4.87. The zero-order valence-corrected chi connectivity index (χ0v) is 10.7. The summed E-state index contributed by atoms with van der Waals surface area (Å²) in [4.78, 5) is 4.21. The Labute approximate surface area is 114 Å². The lowest BCUT2D eigenvalue weighted by Gasteiger charge is -2.10. The normalized spacial score (nSPS) is 10.8. The van der Waals surface area contributed by atoms with Crippen LogP contribution in [-0.2, 0) is 6.54 Å².